The molecule has 0 bridgehead atoms. The van der Waals surface area contributed by atoms with Crippen molar-refractivity contribution in [1.29, 1.82) is 0 Å². The molecule has 0 saturated carbocycles. The Labute approximate surface area is 95.3 Å². The summed E-state index contributed by atoms with van der Waals surface area (Å²) < 4.78 is 7.47. The first-order chi connectivity index (χ1) is 7.69. The Balaban J connectivity index is 2.79. The Morgan fingerprint density at radius 3 is 2.75 bits per heavy atom. The first kappa shape index (κ1) is 11.0. The number of methoxy groups -OCH3 is 1. The molecule has 1 heterocycles. The van der Waals surface area contributed by atoms with Crippen LogP contribution in [-0.2, 0) is 6.54 Å². The number of aryl methyl sites for hydroxylation is 1. The number of fused-ring (bicyclic) bond motifs is 1. The second-order valence-corrected chi connectivity index (χ2v) is 3.90. The minimum Gasteiger partial charge on any atom is -0.495 e. The molecule has 1 aromatic heterocycles. The van der Waals surface area contributed by atoms with Crippen molar-refractivity contribution in [1.82, 2.24) is 4.57 Å². The maximum atomic E-state index is 9.74. The molecule has 16 heavy (non-hydrogen) atoms. The Bertz CT molecular complexity index is 500. The number of benzene rings is 1. The Kier molecular flexibility index (Phi) is 2.88. The number of para-hydroxylation sites is 1. The zero-order valence-electron chi connectivity index (χ0n) is 9.90. The molecular formula is C13H17NO2. The van der Waals surface area contributed by atoms with Gasteiger partial charge in [0.25, 0.3) is 0 Å². The highest BCUT2D eigenvalue weighted by molar-refractivity contribution is 5.89. The van der Waals surface area contributed by atoms with E-state index in [-0.39, 0.29) is 0 Å². The van der Waals surface area contributed by atoms with Gasteiger partial charge in [-0.25, -0.2) is 0 Å². The molecule has 1 atom stereocenters. The van der Waals surface area contributed by atoms with Crippen LogP contribution in [0.3, 0.4) is 0 Å². The van der Waals surface area contributed by atoms with Crippen LogP contribution in [-0.4, -0.2) is 16.8 Å². The van der Waals surface area contributed by atoms with Gasteiger partial charge >= 0.3 is 0 Å². The third kappa shape index (κ3) is 1.57. The quantitative estimate of drug-likeness (QED) is 0.861. The van der Waals surface area contributed by atoms with Crippen molar-refractivity contribution in [2.75, 3.05) is 7.11 Å². The highest BCUT2D eigenvalue weighted by Gasteiger charge is 2.14. The number of aliphatic hydroxyl groups is 1. The van der Waals surface area contributed by atoms with Crippen LogP contribution in [0.2, 0.25) is 0 Å². The Hall–Kier alpha value is -1.48. The van der Waals surface area contributed by atoms with Crippen molar-refractivity contribution in [3.05, 3.63) is 30.0 Å². The second-order valence-electron chi connectivity index (χ2n) is 3.90. The minimum atomic E-state index is -0.456. The normalized spacial score (nSPS) is 13.0. The molecular weight excluding hydrogens is 202 g/mol. The molecule has 3 heteroatoms. The largest absolute Gasteiger partial charge is 0.495 e. The molecule has 1 unspecified atom stereocenters. The second kappa shape index (κ2) is 4.18. The molecule has 0 saturated heterocycles. The lowest BCUT2D eigenvalue weighted by Crippen LogP contribution is -1.93. The maximum Gasteiger partial charge on any atom is 0.143 e. The van der Waals surface area contributed by atoms with Crippen LogP contribution in [0.5, 0.6) is 5.75 Å². The average Bonchev–Trinajstić information content (AvgIpc) is 2.67. The predicted octanol–water partition coefficient (Wildman–Crippen LogP) is 2.72. The van der Waals surface area contributed by atoms with E-state index in [2.05, 4.69) is 11.5 Å². The summed E-state index contributed by atoms with van der Waals surface area (Å²) in [5, 5.41) is 10.8. The number of aromatic nitrogens is 1. The zero-order valence-corrected chi connectivity index (χ0v) is 9.90. The summed E-state index contributed by atoms with van der Waals surface area (Å²) in [5.41, 5.74) is 2.01. The van der Waals surface area contributed by atoms with Gasteiger partial charge in [-0.3, -0.25) is 0 Å². The number of aliphatic hydroxyl groups excluding tert-OH is 1. The van der Waals surface area contributed by atoms with Crippen LogP contribution in [0, 0.1) is 0 Å². The van der Waals surface area contributed by atoms with Gasteiger partial charge in [0, 0.05) is 23.7 Å². The van der Waals surface area contributed by atoms with Gasteiger partial charge in [-0.05, 0) is 19.9 Å². The zero-order chi connectivity index (χ0) is 11.7. The van der Waals surface area contributed by atoms with E-state index < -0.39 is 6.10 Å². The molecule has 86 valence electrons. The lowest BCUT2D eigenvalue weighted by Gasteiger charge is -2.06. The summed E-state index contributed by atoms with van der Waals surface area (Å²) in [7, 11) is 1.67. The summed E-state index contributed by atoms with van der Waals surface area (Å²) in [6.07, 6.45) is 1.54. The molecule has 0 aliphatic heterocycles. The van der Waals surface area contributed by atoms with E-state index in [9.17, 15) is 5.11 Å². The van der Waals surface area contributed by atoms with E-state index in [1.165, 1.54) is 0 Å². The highest BCUT2D eigenvalue weighted by atomic mass is 16.5. The van der Waals surface area contributed by atoms with Crippen LogP contribution in [0.4, 0.5) is 0 Å². The SMILES string of the molecule is CCn1cc(C(C)O)c2cccc(OC)c21. The smallest absolute Gasteiger partial charge is 0.143 e. The molecule has 1 aromatic carbocycles. The van der Waals surface area contributed by atoms with Gasteiger partial charge in [0.2, 0.25) is 0 Å². The van der Waals surface area contributed by atoms with Gasteiger partial charge in [-0.15, -0.1) is 0 Å². The molecule has 3 nitrogen and oxygen atoms in total. The summed E-state index contributed by atoms with van der Waals surface area (Å²) in [5.74, 6) is 0.853. The first-order valence-corrected chi connectivity index (χ1v) is 5.52. The fraction of sp³-hybridized carbons (Fsp3) is 0.385. The van der Waals surface area contributed by atoms with Gasteiger partial charge in [0.05, 0.1) is 18.7 Å². The molecule has 0 aliphatic rings. The monoisotopic (exact) mass is 219 g/mol. The minimum absolute atomic E-state index is 0.456. The predicted molar refractivity (Wildman–Crippen MR) is 64.8 cm³/mol. The third-order valence-corrected chi connectivity index (χ3v) is 2.90. The van der Waals surface area contributed by atoms with Crippen molar-refractivity contribution in [3.63, 3.8) is 0 Å². The fourth-order valence-corrected chi connectivity index (χ4v) is 2.10. The van der Waals surface area contributed by atoms with Crippen LogP contribution in [0.25, 0.3) is 10.9 Å². The molecule has 1 N–H and O–H groups in total. The summed E-state index contributed by atoms with van der Waals surface area (Å²) in [6, 6.07) is 5.92. The molecule has 2 rings (SSSR count). The van der Waals surface area contributed by atoms with Gasteiger partial charge in [0.15, 0.2) is 0 Å². The van der Waals surface area contributed by atoms with E-state index in [1.807, 2.05) is 24.4 Å². The summed E-state index contributed by atoms with van der Waals surface area (Å²) in [4.78, 5) is 0. The van der Waals surface area contributed by atoms with E-state index in [0.717, 1.165) is 28.8 Å². The van der Waals surface area contributed by atoms with E-state index >= 15 is 0 Å². The lowest BCUT2D eigenvalue weighted by atomic mass is 10.1. The molecule has 0 spiro atoms. The maximum absolute atomic E-state index is 9.74. The van der Waals surface area contributed by atoms with Crippen LogP contribution < -0.4 is 4.74 Å². The fourth-order valence-electron chi connectivity index (χ4n) is 2.10. The van der Waals surface area contributed by atoms with Gasteiger partial charge in [-0.2, -0.15) is 0 Å². The standard InChI is InChI=1S/C13H17NO2/c1-4-14-8-11(9(2)15)10-6-5-7-12(16-3)13(10)14/h5-9,15H,4H2,1-3H3. The van der Waals surface area contributed by atoms with E-state index in [0.29, 0.717) is 0 Å². The van der Waals surface area contributed by atoms with Gasteiger partial charge in [-0.1, -0.05) is 12.1 Å². The number of ether oxygens (including phenoxy) is 1. The molecule has 0 amide bonds. The van der Waals surface area contributed by atoms with Crippen LogP contribution in [0.15, 0.2) is 24.4 Å². The molecule has 2 aromatic rings. The molecule has 0 radical (unpaired) electrons. The van der Waals surface area contributed by atoms with Crippen molar-refractivity contribution in [3.8, 4) is 5.75 Å². The third-order valence-electron chi connectivity index (χ3n) is 2.90. The average molecular weight is 219 g/mol. The highest BCUT2D eigenvalue weighted by Crippen LogP contribution is 2.32. The topological polar surface area (TPSA) is 34.4 Å². The van der Waals surface area contributed by atoms with Gasteiger partial charge < -0.3 is 14.4 Å². The van der Waals surface area contributed by atoms with Crippen molar-refractivity contribution < 1.29 is 9.84 Å². The van der Waals surface area contributed by atoms with E-state index in [4.69, 9.17) is 4.74 Å². The lowest BCUT2D eigenvalue weighted by molar-refractivity contribution is 0.200. The molecule has 0 fully saturated rings. The number of rotatable bonds is 3. The van der Waals surface area contributed by atoms with Crippen molar-refractivity contribution in [2.45, 2.75) is 26.5 Å². The van der Waals surface area contributed by atoms with Crippen molar-refractivity contribution >= 4 is 10.9 Å². The summed E-state index contributed by atoms with van der Waals surface area (Å²) in [6.45, 7) is 4.73. The number of hydrogen-bond donors (Lipinski definition) is 1. The molecule has 0 aliphatic carbocycles. The van der Waals surface area contributed by atoms with E-state index in [1.54, 1.807) is 14.0 Å². The first-order valence-electron chi connectivity index (χ1n) is 5.52. The Morgan fingerprint density at radius 2 is 2.19 bits per heavy atom. The Morgan fingerprint density at radius 1 is 1.44 bits per heavy atom. The summed E-state index contributed by atoms with van der Waals surface area (Å²) >= 11 is 0. The van der Waals surface area contributed by atoms with Crippen LogP contribution in [0.1, 0.15) is 25.5 Å². The van der Waals surface area contributed by atoms with Crippen LogP contribution >= 0.6 is 0 Å². The van der Waals surface area contributed by atoms with Crippen molar-refractivity contribution in [2.24, 2.45) is 0 Å². The van der Waals surface area contributed by atoms with Gasteiger partial charge in [0.1, 0.15) is 5.75 Å². The number of hydrogen-bond acceptors (Lipinski definition) is 2. The number of nitrogens with zero attached hydrogens (tertiary/aromatic N) is 1.